The van der Waals surface area contributed by atoms with Crippen molar-refractivity contribution in [2.45, 2.75) is 45.4 Å². The van der Waals surface area contributed by atoms with Crippen LogP contribution in [0.3, 0.4) is 0 Å². The number of amides is 2. The minimum atomic E-state index is -0.253. The second-order valence-corrected chi connectivity index (χ2v) is 3.74. The summed E-state index contributed by atoms with van der Waals surface area (Å²) in [7, 11) is 0. The smallest absolute Gasteiger partial charge is 0.221 e. The monoisotopic (exact) mass is 226 g/mol. The van der Waals surface area contributed by atoms with Gasteiger partial charge in [0, 0.05) is 19.4 Å². The maximum absolute atomic E-state index is 10.3. The van der Waals surface area contributed by atoms with Crippen LogP contribution in [-0.2, 0) is 9.59 Å². The molecule has 0 atom stereocenters. The van der Waals surface area contributed by atoms with E-state index < -0.39 is 0 Å². The van der Waals surface area contributed by atoms with E-state index in [0.717, 1.165) is 19.4 Å². The minimum absolute atomic E-state index is 0.185. The Labute approximate surface area is 97.3 Å². The van der Waals surface area contributed by atoms with Gasteiger partial charge < -0.3 is 11.1 Å². The molecule has 3 N–H and O–H groups in total. The molecule has 0 bridgehead atoms. The fourth-order valence-corrected chi connectivity index (χ4v) is 1.06. The van der Waals surface area contributed by atoms with Gasteiger partial charge in [-0.25, -0.2) is 0 Å². The molecule has 1 aliphatic heterocycles. The topological polar surface area (TPSA) is 72.2 Å². The molecule has 0 spiro atoms. The average molecular weight is 226 g/mol. The molecular weight excluding hydrogens is 204 g/mol. The number of allylic oxidation sites excluding steroid dienone is 1. The summed E-state index contributed by atoms with van der Waals surface area (Å²) in [6, 6.07) is 0. The van der Waals surface area contributed by atoms with E-state index in [1.165, 1.54) is 19.3 Å². The Balaban J connectivity index is 0.000000368. The third-order valence-electron chi connectivity index (χ3n) is 2.13. The van der Waals surface area contributed by atoms with Crippen LogP contribution in [0.5, 0.6) is 0 Å². The zero-order valence-corrected chi connectivity index (χ0v) is 10.00. The van der Waals surface area contributed by atoms with Crippen LogP contribution in [0.25, 0.3) is 0 Å². The zero-order chi connectivity index (χ0) is 12.2. The van der Waals surface area contributed by atoms with Gasteiger partial charge in [0.15, 0.2) is 0 Å². The van der Waals surface area contributed by atoms with E-state index in [9.17, 15) is 9.59 Å². The van der Waals surface area contributed by atoms with Gasteiger partial charge in [0.25, 0.3) is 0 Å². The van der Waals surface area contributed by atoms with Crippen molar-refractivity contribution in [3.63, 3.8) is 0 Å². The van der Waals surface area contributed by atoms with Crippen LogP contribution in [0, 0.1) is 0 Å². The van der Waals surface area contributed by atoms with Gasteiger partial charge in [-0.05, 0) is 12.8 Å². The van der Waals surface area contributed by atoms with E-state index in [4.69, 9.17) is 5.73 Å². The maximum atomic E-state index is 10.3. The SMILES string of the molecule is CCCCC/C=C/CC(N)=O.O=C1CCN1. The van der Waals surface area contributed by atoms with Gasteiger partial charge in [-0.3, -0.25) is 9.59 Å². The molecule has 4 nitrogen and oxygen atoms in total. The Kier molecular flexibility index (Phi) is 9.36. The molecule has 92 valence electrons. The Morgan fingerprint density at radius 1 is 1.44 bits per heavy atom. The zero-order valence-electron chi connectivity index (χ0n) is 10.00. The summed E-state index contributed by atoms with van der Waals surface area (Å²) in [5.74, 6) is -0.0678. The number of carbonyl (C=O) groups excluding carboxylic acids is 2. The third-order valence-corrected chi connectivity index (χ3v) is 2.13. The van der Waals surface area contributed by atoms with E-state index in [1.54, 1.807) is 0 Å². The first-order valence-corrected chi connectivity index (χ1v) is 5.86. The van der Waals surface area contributed by atoms with Crippen LogP contribution in [0.1, 0.15) is 45.4 Å². The quantitative estimate of drug-likeness (QED) is 0.409. The van der Waals surface area contributed by atoms with Crippen molar-refractivity contribution in [1.29, 1.82) is 0 Å². The predicted molar refractivity (Wildman–Crippen MR) is 64.7 cm³/mol. The molecule has 0 aliphatic carbocycles. The van der Waals surface area contributed by atoms with Crippen molar-refractivity contribution in [3.8, 4) is 0 Å². The Morgan fingerprint density at radius 3 is 2.44 bits per heavy atom. The lowest BCUT2D eigenvalue weighted by Gasteiger charge is -2.10. The molecule has 1 rings (SSSR count). The lowest BCUT2D eigenvalue weighted by molar-refractivity contribution is -0.125. The first-order chi connectivity index (χ1) is 7.66. The fourth-order valence-electron chi connectivity index (χ4n) is 1.06. The summed E-state index contributed by atoms with van der Waals surface area (Å²) in [6.07, 6.45) is 9.78. The second-order valence-electron chi connectivity index (χ2n) is 3.74. The third kappa shape index (κ3) is 10.8. The van der Waals surface area contributed by atoms with Crippen LogP contribution < -0.4 is 11.1 Å². The minimum Gasteiger partial charge on any atom is -0.369 e. The first-order valence-electron chi connectivity index (χ1n) is 5.86. The predicted octanol–water partition coefficient (Wildman–Crippen LogP) is 1.50. The van der Waals surface area contributed by atoms with E-state index in [-0.39, 0.29) is 11.8 Å². The Hall–Kier alpha value is -1.32. The largest absolute Gasteiger partial charge is 0.369 e. The van der Waals surface area contributed by atoms with Crippen molar-refractivity contribution in [1.82, 2.24) is 5.32 Å². The molecule has 0 aromatic heterocycles. The van der Waals surface area contributed by atoms with Gasteiger partial charge in [0.1, 0.15) is 0 Å². The van der Waals surface area contributed by atoms with Gasteiger partial charge in [0.2, 0.25) is 11.8 Å². The summed E-state index contributed by atoms with van der Waals surface area (Å²) in [4.78, 5) is 20.0. The van der Waals surface area contributed by atoms with Crippen molar-refractivity contribution < 1.29 is 9.59 Å². The molecule has 0 aromatic carbocycles. The summed E-state index contributed by atoms with van der Waals surface area (Å²) in [6.45, 7) is 3.06. The number of rotatable bonds is 6. The average Bonchev–Trinajstić information content (AvgIpc) is 2.21. The van der Waals surface area contributed by atoms with Gasteiger partial charge in [-0.15, -0.1) is 0 Å². The van der Waals surface area contributed by atoms with Crippen molar-refractivity contribution in [2.75, 3.05) is 6.54 Å². The molecule has 16 heavy (non-hydrogen) atoms. The number of primary amides is 1. The van der Waals surface area contributed by atoms with Crippen LogP contribution >= 0.6 is 0 Å². The van der Waals surface area contributed by atoms with Crippen molar-refractivity contribution in [2.24, 2.45) is 5.73 Å². The maximum Gasteiger partial charge on any atom is 0.221 e. The summed E-state index contributed by atoms with van der Waals surface area (Å²) >= 11 is 0. The van der Waals surface area contributed by atoms with Gasteiger partial charge >= 0.3 is 0 Å². The molecule has 1 fully saturated rings. The Morgan fingerprint density at radius 2 is 2.06 bits per heavy atom. The van der Waals surface area contributed by atoms with Gasteiger partial charge in [-0.1, -0.05) is 31.9 Å². The summed E-state index contributed by atoms with van der Waals surface area (Å²) in [5.41, 5.74) is 4.94. The molecule has 4 heteroatoms. The second kappa shape index (κ2) is 10.2. The molecule has 2 amide bonds. The lowest BCUT2D eigenvalue weighted by atomic mass is 10.2. The van der Waals surface area contributed by atoms with Crippen LogP contribution in [0.15, 0.2) is 12.2 Å². The van der Waals surface area contributed by atoms with Crippen LogP contribution in [-0.4, -0.2) is 18.4 Å². The number of nitrogens with two attached hydrogens (primary N) is 1. The number of hydrogen-bond acceptors (Lipinski definition) is 2. The van der Waals surface area contributed by atoms with Gasteiger partial charge in [-0.2, -0.15) is 0 Å². The highest BCUT2D eigenvalue weighted by Gasteiger charge is 2.07. The van der Waals surface area contributed by atoms with Crippen LogP contribution in [0.4, 0.5) is 0 Å². The molecular formula is C12H22N2O2. The lowest BCUT2D eigenvalue weighted by Crippen LogP contribution is -2.37. The molecule has 0 aromatic rings. The number of β-lactam (4-membered cyclic amide) rings is 1. The van der Waals surface area contributed by atoms with E-state index >= 15 is 0 Å². The molecule has 0 radical (unpaired) electrons. The van der Waals surface area contributed by atoms with E-state index in [2.05, 4.69) is 12.2 Å². The normalized spacial score (nSPS) is 13.7. The Bertz CT molecular complexity index is 231. The number of carbonyl (C=O) groups is 2. The molecule has 0 unspecified atom stereocenters. The van der Waals surface area contributed by atoms with Crippen LogP contribution in [0.2, 0.25) is 0 Å². The van der Waals surface area contributed by atoms with Crippen molar-refractivity contribution in [3.05, 3.63) is 12.2 Å². The number of unbranched alkanes of at least 4 members (excludes halogenated alkanes) is 3. The number of nitrogens with one attached hydrogen (secondary N) is 1. The van der Waals surface area contributed by atoms with Crippen molar-refractivity contribution >= 4 is 11.8 Å². The van der Waals surface area contributed by atoms with E-state index in [0.29, 0.717) is 6.42 Å². The molecule has 0 saturated carbocycles. The number of hydrogen-bond donors (Lipinski definition) is 2. The standard InChI is InChI=1S/C9H17NO.C3H5NO/c1-2-3-4-5-6-7-8-9(10)11;5-3-1-2-4-3/h6-7H,2-5,8H2,1H3,(H2,10,11);1-2H2,(H,4,5)/b7-6+;. The fraction of sp³-hybridized carbons (Fsp3) is 0.667. The summed E-state index contributed by atoms with van der Waals surface area (Å²) in [5, 5.41) is 2.57. The molecule has 1 saturated heterocycles. The summed E-state index contributed by atoms with van der Waals surface area (Å²) < 4.78 is 0. The van der Waals surface area contributed by atoms with Gasteiger partial charge in [0.05, 0.1) is 0 Å². The van der Waals surface area contributed by atoms with E-state index in [1.807, 2.05) is 12.2 Å². The highest BCUT2D eigenvalue weighted by Crippen LogP contribution is 1.99. The highest BCUT2D eigenvalue weighted by atomic mass is 16.2. The molecule has 1 heterocycles. The highest BCUT2D eigenvalue weighted by molar-refractivity contribution is 5.81. The molecule has 1 aliphatic rings. The first kappa shape index (κ1) is 14.7.